The first-order chi connectivity index (χ1) is 9.59. The Balaban J connectivity index is 2.03. The summed E-state index contributed by atoms with van der Waals surface area (Å²) in [6.45, 7) is 1.66. The van der Waals surface area contributed by atoms with E-state index in [0.717, 1.165) is 5.52 Å². The largest absolute Gasteiger partial charge is 0.471 e. The number of fused-ring (bicyclic) bond motifs is 1. The standard InChI is InChI=1S/C15H15N3O2/c1-15(14(16)19,20-12-7-3-2-4-8-12)13-10-11-6-5-9-18(11)17-13/h2-10,17H,1H3,(H2,16,19). The SMILES string of the molecule is CC(Oc1ccccc1)(C(N)=O)c1cc2cccn2[nH]1. The number of amides is 1. The van der Waals surface area contributed by atoms with E-state index in [-0.39, 0.29) is 0 Å². The lowest BCUT2D eigenvalue weighted by atomic mass is 10.0. The van der Waals surface area contributed by atoms with Gasteiger partial charge in [-0.1, -0.05) is 18.2 Å². The first-order valence-corrected chi connectivity index (χ1v) is 6.30. The summed E-state index contributed by atoms with van der Waals surface area (Å²) < 4.78 is 7.64. The van der Waals surface area contributed by atoms with Crippen LogP contribution in [0.25, 0.3) is 5.52 Å². The van der Waals surface area contributed by atoms with E-state index in [0.29, 0.717) is 11.4 Å². The molecule has 0 saturated carbocycles. The molecule has 0 aliphatic rings. The Kier molecular flexibility index (Phi) is 2.75. The number of hydrogen-bond donors (Lipinski definition) is 2. The maximum atomic E-state index is 11.9. The Morgan fingerprint density at radius 2 is 2.00 bits per heavy atom. The van der Waals surface area contributed by atoms with Crippen molar-refractivity contribution in [3.63, 3.8) is 0 Å². The number of rotatable bonds is 4. The zero-order chi connectivity index (χ0) is 14.2. The number of primary amides is 1. The maximum Gasteiger partial charge on any atom is 0.267 e. The van der Waals surface area contributed by atoms with Crippen molar-refractivity contribution < 1.29 is 9.53 Å². The summed E-state index contributed by atoms with van der Waals surface area (Å²) in [5.74, 6) is 0.0407. The number of benzene rings is 1. The molecule has 2 aromatic heterocycles. The van der Waals surface area contributed by atoms with Gasteiger partial charge in [-0.25, -0.2) is 0 Å². The molecule has 102 valence electrons. The minimum atomic E-state index is -1.25. The average molecular weight is 269 g/mol. The normalized spacial score (nSPS) is 14.1. The van der Waals surface area contributed by atoms with Gasteiger partial charge in [-0.05, 0) is 37.3 Å². The van der Waals surface area contributed by atoms with Crippen molar-refractivity contribution in [1.29, 1.82) is 0 Å². The molecule has 0 fully saturated rings. The van der Waals surface area contributed by atoms with Crippen LogP contribution in [-0.4, -0.2) is 15.5 Å². The molecule has 1 unspecified atom stereocenters. The fraction of sp³-hybridized carbons (Fsp3) is 0.133. The fourth-order valence-electron chi connectivity index (χ4n) is 2.13. The predicted octanol–water partition coefficient (Wildman–Crippen LogP) is 2.05. The molecule has 5 heteroatoms. The van der Waals surface area contributed by atoms with Gasteiger partial charge in [0.1, 0.15) is 5.75 Å². The number of carbonyl (C=O) groups is 1. The predicted molar refractivity (Wildman–Crippen MR) is 75.4 cm³/mol. The van der Waals surface area contributed by atoms with E-state index in [1.165, 1.54) is 0 Å². The molecule has 1 aromatic carbocycles. The van der Waals surface area contributed by atoms with Crippen molar-refractivity contribution in [3.8, 4) is 5.75 Å². The van der Waals surface area contributed by atoms with Gasteiger partial charge in [0.25, 0.3) is 5.91 Å². The van der Waals surface area contributed by atoms with Crippen LogP contribution >= 0.6 is 0 Å². The highest BCUT2D eigenvalue weighted by Gasteiger charge is 2.37. The van der Waals surface area contributed by atoms with E-state index in [2.05, 4.69) is 5.10 Å². The van der Waals surface area contributed by atoms with Crippen LogP contribution < -0.4 is 10.5 Å². The van der Waals surface area contributed by atoms with Crippen LogP contribution in [0.15, 0.2) is 54.7 Å². The Morgan fingerprint density at radius 1 is 1.25 bits per heavy atom. The quantitative estimate of drug-likeness (QED) is 0.760. The first kappa shape index (κ1) is 12.3. The highest BCUT2D eigenvalue weighted by atomic mass is 16.5. The molecule has 0 radical (unpaired) electrons. The lowest BCUT2D eigenvalue weighted by Crippen LogP contribution is -2.44. The summed E-state index contributed by atoms with van der Waals surface area (Å²) in [5, 5.41) is 3.11. The number of hydrogen-bond acceptors (Lipinski definition) is 2. The van der Waals surface area contributed by atoms with E-state index >= 15 is 0 Å². The van der Waals surface area contributed by atoms with E-state index < -0.39 is 11.5 Å². The Morgan fingerprint density at radius 3 is 2.65 bits per heavy atom. The van der Waals surface area contributed by atoms with E-state index in [4.69, 9.17) is 10.5 Å². The van der Waals surface area contributed by atoms with Gasteiger partial charge in [-0.2, -0.15) is 0 Å². The summed E-state index contributed by atoms with van der Waals surface area (Å²) >= 11 is 0. The Labute approximate surface area is 115 Å². The highest BCUT2D eigenvalue weighted by Crippen LogP contribution is 2.28. The number of ether oxygens (including phenoxy) is 1. The summed E-state index contributed by atoms with van der Waals surface area (Å²) in [6.07, 6.45) is 1.86. The molecule has 2 heterocycles. The number of para-hydroxylation sites is 1. The number of nitrogens with two attached hydrogens (primary N) is 1. The van der Waals surface area contributed by atoms with Crippen LogP contribution in [0, 0.1) is 0 Å². The molecule has 1 atom stereocenters. The Hall–Kier alpha value is -2.69. The van der Waals surface area contributed by atoms with Crippen LogP contribution in [0.5, 0.6) is 5.75 Å². The van der Waals surface area contributed by atoms with Gasteiger partial charge in [0.05, 0.1) is 11.2 Å². The lowest BCUT2D eigenvalue weighted by Gasteiger charge is -2.26. The van der Waals surface area contributed by atoms with Gasteiger partial charge in [0.15, 0.2) is 0 Å². The minimum Gasteiger partial charge on any atom is -0.471 e. The van der Waals surface area contributed by atoms with Gasteiger partial charge in [0, 0.05) is 6.20 Å². The number of aromatic amines is 1. The number of carbonyl (C=O) groups excluding carboxylic acids is 1. The fourth-order valence-corrected chi connectivity index (χ4v) is 2.13. The van der Waals surface area contributed by atoms with Crippen molar-refractivity contribution in [2.45, 2.75) is 12.5 Å². The number of aromatic nitrogens is 2. The molecule has 0 saturated heterocycles. The molecule has 1 amide bonds. The topological polar surface area (TPSA) is 72.5 Å². The van der Waals surface area contributed by atoms with E-state index in [1.807, 2.05) is 47.1 Å². The van der Waals surface area contributed by atoms with Crippen molar-refractivity contribution in [2.24, 2.45) is 5.73 Å². The summed E-state index contributed by atoms with van der Waals surface area (Å²) in [5.41, 5.74) is 5.86. The molecule has 3 N–H and O–H groups in total. The molecular weight excluding hydrogens is 254 g/mol. The van der Waals surface area contributed by atoms with Crippen LogP contribution in [-0.2, 0) is 10.4 Å². The molecule has 20 heavy (non-hydrogen) atoms. The molecule has 5 nitrogen and oxygen atoms in total. The molecule has 0 bridgehead atoms. The monoisotopic (exact) mass is 269 g/mol. The Bertz CT molecular complexity index is 716. The average Bonchev–Trinajstić information content (AvgIpc) is 3.00. The van der Waals surface area contributed by atoms with Crippen molar-refractivity contribution in [2.75, 3.05) is 0 Å². The second kappa shape index (κ2) is 4.45. The second-order valence-corrected chi connectivity index (χ2v) is 4.79. The minimum absolute atomic E-state index is 0.550. The zero-order valence-corrected chi connectivity index (χ0v) is 11.0. The smallest absolute Gasteiger partial charge is 0.267 e. The van der Waals surface area contributed by atoms with Crippen LogP contribution in [0.2, 0.25) is 0 Å². The highest BCUT2D eigenvalue weighted by molar-refractivity contribution is 5.84. The van der Waals surface area contributed by atoms with E-state index in [1.54, 1.807) is 19.1 Å². The molecule has 0 aliphatic heterocycles. The first-order valence-electron chi connectivity index (χ1n) is 6.30. The molecule has 3 aromatic rings. The summed E-state index contributed by atoms with van der Waals surface area (Å²) in [7, 11) is 0. The van der Waals surface area contributed by atoms with Gasteiger partial charge < -0.3 is 10.5 Å². The molecule has 0 spiro atoms. The molecule has 0 aliphatic carbocycles. The van der Waals surface area contributed by atoms with Gasteiger partial charge >= 0.3 is 0 Å². The summed E-state index contributed by atoms with van der Waals surface area (Å²) in [4.78, 5) is 11.9. The third kappa shape index (κ3) is 1.93. The van der Waals surface area contributed by atoms with Crippen molar-refractivity contribution in [1.82, 2.24) is 9.61 Å². The van der Waals surface area contributed by atoms with E-state index in [9.17, 15) is 4.79 Å². The maximum absolute atomic E-state index is 11.9. The second-order valence-electron chi connectivity index (χ2n) is 4.79. The number of nitrogens with zero attached hydrogens (tertiary/aromatic N) is 1. The van der Waals surface area contributed by atoms with Gasteiger partial charge in [-0.15, -0.1) is 0 Å². The third-order valence-electron chi connectivity index (χ3n) is 3.36. The van der Waals surface area contributed by atoms with Crippen LogP contribution in [0.4, 0.5) is 0 Å². The number of H-pyrrole nitrogens is 1. The zero-order valence-electron chi connectivity index (χ0n) is 11.0. The van der Waals surface area contributed by atoms with Crippen molar-refractivity contribution in [3.05, 3.63) is 60.4 Å². The third-order valence-corrected chi connectivity index (χ3v) is 3.36. The van der Waals surface area contributed by atoms with Crippen LogP contribution in [0.1, 0.15) is 12.6 Å². The van der Waals surface area contributed by atoms with Gasteiger partial charge in [0.2, 0.25) is 5.60 Å². The van der Waals surface area contributed by atoms with Crippen LogP contribution in [0.3, 0.4) is 0 Å². The van der Waals surface area contributed by atoms with Crippen molar-refractivity contribution >= 4 is 11.4 Å². The molecular formula is C15H15N3O2. The lowest BCUT2D eigenvalue weighted by molar-refractivity contribution is -0.133. The molecule has 3 rings (SSSR count). The van der Waals surface area contributed by atoms with Gasteiger partial charge in [-0.3, -0.25) is 14.4 Å². The summed E-state index contributed by atoms with van der Waals surface area (Å²) in [6, 6.07) is 14.8. The number of nitrogens with one attached hydrogen (secondary N) is 1.